The van der Waals surface area contributed by atoms with Gasteiger partial charge in [-0.3, -0.25) is 4.57 Å². The van der Waals surface area contributed by atoms with Gasteiger partial charge in [-0.1, -0.05) is 12.1 Å². The summed E-state index contributed by atoms with van der Waals surface area (Å²) in [6, 6.07) is 9.76. The van der Waals surface area contributed by atoms with E-state index in [4.69, 9.17) is 14.0 Å². The number of hydrogen-bond donors (Lipinski definition) is 1. The Hall–Kier alpha value is -3.26. The number of nitrogens with one attached hydrogen (secondary N) is 1. The number of rotatable bonds is 8. The highest BCUT2D eigenvalue weighted by molar-refractivity contribution is 5.93. The van der Waals surface area contributed by atoms with Crippen LogP contribution in [0.25, 0.3) is 22.0 Å². The zero-order valence-electron chi connectivity index (χ0n) is 20.1. The van der Waals surface area contributed by atoms with E-state index in [-0.39, 0.29) is 5.69 Å². The molecule has 2 aromatic heterocycles. The van der Waals surface area contributed by atoms with E-state index in [0.29, 0.717) is 31.3 Å². The molecule has 0 unspecified atom stereocenters. The number of imidazole rings is 1. The van der Waals surface area contributed by atoms with Gasteiger partial charge in [-0.2, -0.15) is 0 Å². The van der Waals surface area contributed by atoms with E-state index in [9.17, 15) is 4.79 Å². The van der Waals surface area contributed by atoms with Crippen molar-refractivity contribution in [1.82, 2.24) is 19.6 Å². The van der Waals surface area contributed by atoms with E-state index in [0.717, 1.165) is 71.5 Å². The van der Waals surface area contributed by atoms with Crippen molar-refractivity contribution in [2.45, 2.75) is 39.7 Å². The Labute approximate surface area is 198 Å². The van der Waals surface area contributed by atoms with Crippen molar-refractivity contribution in [3.63, 3.8) is 0 Å². The molecule has 0 saturated carbocycles. The topological polar surface area (TPSA) is 85.5 Å². The number of ether oxygens (including phenoxy) is 2. The van der Waals surface area contributed by atoms with Gasteiger partial charge in [0.05, 0.1) is 36.5 Å². The molecule has 1 aliphatic heterocycles. The van der Waals surface area contributed by atoms with Crippen LogP contribution in [0.5, 0.6) is 11.5 Å². The molecular weight excluding hydrogens is 432 g/mol. The molecule has 8 heteroatoms. The average Bonchev–Trinajstić information content (AvgIpc) is 3.34. The molecule has 0 aliphatic carbocycles. The first-order chi connectivity index (χ1) is 16.5. The SMILES string of the molecule is CCCOc1cc(Cn2c(=O)[nH]c3cc4onc(C)c4cc32)cc(OCC2CCN(C)CC2)c1. The molecule has 0 amide bonds. The third-order valence-electron chi connectivity index (χ3n) is 6.62. The van der Waals surface area contributed by atoms with E-state index in [1.807, 2.05) is 37.3 Å². The largest absolute Gasteiger partial charge is 0.493 e. The summed E-state index contributed by atoms with van der Waals surface area (Å²) < 4.78 is 19.3. The fraction of sp³-hybridized carbons (Fsp3) is 0.462. The number of hydrogen-bond acceptors (Lipinski definition) is 6. The summed E-state index contributed by atoms with van der Waals surface area (Å²) in [6.45, 7) is 7.94. The summed E-state index contributed by atoms with van der Waals surface area (Å²) in [5.41, 5.74) is 3.80. The molecule has 0 atom stereocenters. The molecule has 0 bridgehead atoms. The molecule has 5 rings (SSSR count). The molecular formula is C26H32N4O4. The van der Waals surface area contributed by atoms with Crippen LogP contribution in [-0.2, 0) is 6.54 Å². The lowest BCUT2D eigenvalue weighted by Crippen LogP contribution is -2.32. The van der Waals surface area contributed by atoms with Crippen LogP contribution in [0.15, 0.2) is 39.6 Å². The zero-order valence-corrected chi connectivity index (χ0v) is 20.1. The monoisotopic (exact) mass is 464 g/mol. The van der Waals surface area contributed by atoms with E-state index < -0.39 is 0 Å². The predicted molar refractivity (Wildman–Crippen MR) is 132 cm³/mol. The van der Waals surface area contributed by atoms with Crippen molar-refractivity contribution in [1.29, 1.82) is 0 Å². The lowest BCUT2D eigenvalue weighted by atomic mass is 9.98. The number of aromatic amines is 1. The molecule has 1 fully saturated rings. The molecule has 2 aromatic carbocycles. The number of nitrogens with zero attached hydrogens (tertiary/aromatic N) is 3. The number of aryl methyl sites for hydroxylation is 1. The van der Waals surface area contributed by atoms with Gasteiger partial charge in [-0.15, -0.1) is 0 Å². The Morgan fingerprint density at radius 1 is 1.12 bits per heavy atom. The fourth-order valence-corrected chi connectivity index (χ4v) is 4.60. The zero-order chi connectivity index (χ0) is 23.7. The van der Waals surface area contributed by atoms with Crippen LogP contribution in [0.1, 0.15) is 37.4 Å². The van der Waals surface area contributed by atoms with Crippen LogP contribution in [0.3, 0.4) is 0 Å². The van der Waals surface area contributed by atoms with Gasteiger partial charge in [-0.25, -0.2) is 4.79 Å². The normalized spacial score (nSPS) is 15.4. The number of piperidine rings is 1. The van der Waals surface area contributed by atoms with Gasteiger partial charge in [0.2, 0.25) is 0 Å². The maximum atomic E-state index is 12.8. The van der Waals surface area contributed by atoms with Crippen molar-refractivity contribution < 1.29 is 14.0 Å². The molecule has 1 saturated heterocycles. The van der Waals surface area contributed by atoms with Crippen molar-refractivity contribution in [3.05, 3.63) is 52.1 Å². The third kappa shape index (κ3) is 4.68. The number of likely N-dealkylation sites (tertiary alicyclic amines) is 1. The van der Waals surface area contributed by atoms with Crippen LogP contribution in [-0.4, -0.2) is 53.0 Å². The van der Waals surface area contributed by atoms with Crippen molar-refractivity contribution in [2.75, 3.05) is 33.4 Å². The Morgan fingerprint density at radius 2 is 1.88 bits per heavy atom. The maximum absolute atomic E-state index is 12.8. The predicted octanol–water partition coefficient (Wildman–Crippen LogP) is 4.34. The van der Waals surface area contributed by atoms with E-state index in [1.54, 1.807) is 4.57 Å². The first-order valence-corrected chi connectivity index (χ1v) is 12.1. The summed E-state index contributed by atoms with van der Waals surface area (Å²) in [4.78, 5) is 18.1. The Balaban J connectivity index is 1.43. The number of benzene rings is 2. The molecule has 3 heterocycles. The molecule has 4 aromatic rings. The molecule has 8 nitrogen and oxygen atoms in total. The Kier molecular flexibility index (Phi) is 6.32. The van der Waals surface area contributed by atoms with Crippen molar-refractivity contribution in [2.24, 2.45) is 5.92 Å². The number of H-pyrrole nitrogens is 1. The fourth-order valence-electron chi connectivity index (χ4n) is 4.60. The first kappa shape index (κ1) is 22.5. The van der Waals surface area contributed by atoms with Gasteiger partial charge in [0.1, 0.15) is 11.5 Å². The maximum Gasteiger partial charge on any atom is 0.326 e. The molecule has 0 spiro atoms. The van der Waals surface area contributed by atoms with Gasteiger partial charge in [-0.05, 0) is 76.0 Å². The van der Waals surface area contributed by atoms with Crippen molar-refractivity contribution >= 4 is 22.0 Å². The highest BCUT2D eigenvalue weighted by Crippen LogP contribution is 2.28. The van der Waals surface area contributed by atoms with E-state index in [1.165, 1.54) is 0 Å². The Morgan fingerprint density at radius 3 is 2.65 bits per heavy atom. The minimum absolute atomic E-state index is 0.165. The summed E-state index contributed by atoms with van der Waals surface area (Å²) >= 11 is 0. The van der Waals surface area contributed by atoms with Gasteiger partial charge in [0, 0.05) is 17.5 Å². The quantitative estimate of drug-likeness (QED) is 0.418. The molecule has 0 radical (unpaired) electrons. The van der Waals surface area contributed by atoms with Gasteiger partial charge in [0.25, 0.3) is 0 Å². The third-order valence-corrected chi connectivity index (χ3v) is 6.62. The summed E-state index contributed by atoms with van der Waals surface area (Å²) in [5, 5.41) is 4.94. The second-order valence-electron chi connectivity index (χ2n) is 9.37. The van der Waals surface area contributed by atoms with Crippen LogP contribution < -0.4 is 15.2 Å². The number of aromatic nitrogens is 3. The minimum atomic E-state index is -0.165. The molecule has 180 valence electrons. The van der Waals surface area contributed by atoms with Crippen molar-refractivity contribution in [3.8, 4) is 11.5 Å². The Bertz CT molecular complexity index is 1340. The second kappa shape index (κ2) is 9.54. The highest BCUT2D eigenvalue weighted by atomic mass is 16.5. The summed E-state index contributed by atoms with van der Waals surface area (Å²) in [5.74, 6) is 2.11. The molecule has 1 N–H and O–H groups in total. The standard InChI is InChI=1S/C26H32N4O4/c1-4-9-32-20-10-19(11-21(12-20)33-16-18-5-7-29(3)8-6-18)15-30-24-13-22-17(2)28-34-25(22)14-23(24)27-26(30)31/h10-14,18H,4-9,15-16H2,1-3H3,(H,27,31). The van der Waals surface area contributed by atoms with E-state index >= 15 is 0 Å². The first-order valence-electron chi connectivity index (χ1n) is 12.1. The van der Waals surface area contributed by atoms with E-state index in [2.05, 4.69) is 29.0 Å². The van der Waals surface area contributed by atoms with Gasteiger partial charge in [0.15, 0.2) is 5.58 Å². The van der Waals surface area contributed by atoms with Crippen LogP contribution in [0, 0.1) is 12.8 Å². The highest BCUT2D eigenvalue weighted by Gasteiger charge is 2.18. The van der Waals surface area contributed by atoms with Crippen LogP contribution >= 0.6 is 0 Å². The molecule has 1 aliphatic rings. The van der Waals surface area contributed by atoms with Gasteiger partial charge >= 0.3 is 5.69 Å². The van der Waals surface area contributed by atoms with Crippen LogP contribution in [0.4, 0.5) is 0 Å². The smallest absolute Gasteiger partial charge is 0.326 e. The van der Waals surface area contributed by atoms with Crippen LogP contribution in [0.2, 0.25) is 0 Å². The lowest BCUT2D eigenvalue weighted by molar-refractivity contribution is 0.159. The summed E-state index contributed by atoms with van der Waals surface area (Å²) in [6.07, 6.45) is 3.22. The minimum Gasteiger partial charge on any atom is -0.493 e. The lowest BCUT2D eigenvalue weighted by Gasteiger charge is -2.28. The van der Waals surface area contributed by atoms with Gasteiger partial charge < -0.3 is 23.9 Å². The summed E-state index contributed by atoms with van der Waals surface area (Å²) in [7, 11) is 2.17. The second-order valence-corrected chi connectivity index (χ2v) is 9.37. The number of fused-ring (bicyclic) bond motifs is 2. The average molecular weight is 465 g/mol. The molecule has 34 heavy (non-hydrogen) atoms.